The van der Waals surface area contributed by atoms with Gasteiger partial charge in [-0.1, -0.05) is 35.5 Å². The van der Waals surface area contributed by atoms with Crippen LogP contribution in [0.25, 0.3) is 0 Å². The Morgan fingerprint density at radius 2 is 1.68 bits per heavy atom. The van der Waals surface area contributed by atoms with Gasteiger partial charge in [0.15, 0.2) is 0 Å². The van der Waals surface area contributed by atoms with Crippen LogP contribution in [0.3, 0.4) is 0 Å². The predicted molar refractivity (Wildman–Crippen MR) is 99.3 cm³/mol. The molecule has 0 bridgehead atoms. The maximum absolute atomic E-state index is 5.78. The second kappa shape index (κ2) is 11.9. The molecular weight excluding hydrogens is 270 g/mol. The van der Waals surface area contributed by atoms with Crippen LogP contribution in [0.4, 0.5) is 0 Å². The zero-order valence-corrected chi connectivity index (χ0v) is 14.9. The smallest absolute Gasteiger partial charge is 0.0331 e. The van der Waals surface area contributed by atoms with Crippen molar-refractivity contribution in [1.29, 1.82) is 0 Å². The predicted octanol–water partition coefficient (Wildman–Crippen LogP) is 3.87. The summed E-state index contributed by atoms with van der Waals surface area (Å²) in [7, 11) is 2.11. The number of likely N-dealkylation sites (N-methyl/N-ethyl adjacent to an activating group) is 1. The molecule has 0 atom stereocenters. The van der Waals surface area contributed by atoms with Gasteiger partial charge in [0.05, 0.1) is 0 Å². The molecule has 0 saturated heterocycles. The summed E-state index contributed by atoms with van der Waals surface area (Å²) in [6.45, 7) is 10.2. The highest BCUT2D eigenvalue weighted by Gasteiger charge is 1.94. The van der Waals surface area contributed by atoms with Crippen LogP contribution in [0, 0.1) is 0 Å². The fraction of sp³-hybridized carbons (Fsp3) is 0.474. The lowest BCUT2D eigenvalue weighted by atomic mass is 10.1. The Hall–Kier alpha value is -1.74. The average molecular weight is 303 g/mol. The molecule has 0 heterocycles. The molecule has 22 heavy (non-hydrogen) atoms. The summed E-state index contributed by atoms with van der Waals surface area (Å²) in [6.07, 6.45) is 14.5. The number of allylic oxidation sites excluding steroid dienone is 7. The van der Waals surface area contributed by atoms with E-state index in [1.54, 1.807) is 6.08 Å². The van der Waals surface area contributed by atoms with Crippen LogP contribution in [0.5, 0.6) is 0 Å². The van der Waals surface area contributed by atoms with E-state index in [1.807, 2.05) is 19.1 Å². The molecular formula is C19H33N3. The Bertz CT molecular complexity index is 457. The lowest BCUT2D eigenvalue weighted by Gasteiger charge is -2.12. The first-order chi connectivity index (χ1) is 10.3. The van der Waals surface area contributed by atoms with Gasteiger partial charge in [-0.3, -0.25) is 4.90 Å². The molecule has 0 fully saturated rings. The van der Waals surface area contributed by atoms with E-state index in [0.717, 1.165) is 25.9 Å². The van der Waals surface area contributed by atoms with Crippen LogP contribution in [-0.4, -0.2) is 25.0 Å². The molecule has 0 aliphatic carbocycles. The first-order valence-corrected chi connectivity index (χ1v) is 7.85. The highest BCUT2D eigenvalue weighted by atomic mass is 15.1. The van der Waals surface area contributed by atoms with Crippen LogP contribution in [0.1, 0.15) is 40.5 Å². The summed E-state index contributed by atoms with van der Waals surface area (Å²) in [4.78, 5) is 2.26. The number of hydrogen-bond donors (Lipinski definition) is 2. The SMILES string of the molecule is CC(C)=CCC/C(C)=C/CN(C)C\C=C/C=C(N)\C=C(/C)N. The number of hydrogen-bond acceptors (Lipinski definition) is 3. The second-order valence-electron chi connectivity index (χ2n) is 6.08. The fourth-order valence-corrected chi connectivity index (χ4v) is 1.81. The summed E-state index contributed by atoms with van der Waals surface area (Å²) in [5.41, 5.74) is 15.6. The van der Waals surface area contributed by atoms with Crippen LogP contribution < -0.4 is 11.5 Å². The minimum absolute atomic E-state index is 0.675. The molecule has 0 aromatic heterocycles. The Morgan fingerprint density at radius 3 is 2.27 bits per heavy atom. The molecule has 0 aromatic rings. The normalized spacial score (nSPS) is 14.0. The maximum Gasteiger partial charge on any atom is 0.0331 e. The van der Waals surface area contributed by atoms with Gasteiger partial charge in [0.1, 0.15) is 0 Å². The van der Waals surface area contributed by atoms with Crippen LogP contribution in [0.15, 0.2) is 59.0 Å². The van der Waals surface area contributed by atoms with Crippen LogP contribution in [-0.2, 0) is 0 Å². The van der Waals surface area contributed by atoms with Crippen molar-refractivity contribution in [2.24, 2.45) is 11.5 Å². The Balaban J connectivity index is 4.11. The minimum Gasteiger partial charge on any atom is -0.402 e. The number of rotatable bonds is 9. The van der Waals surface area contributed by atoms with Crippen molar-refractivity contribution < 1.29 is 0 Å². The Kier molecular flexibility index (Phi) is 10.9. The molecule has 3 nitrogen and oxygen atoms in total. The summed E-state index contributed by atoms with van der Waals surface area (Å²) < 4.78 is 0. The number of nitrogens with two attached hydrogens (primary N) is 2. The zero-order chi connectivity index (χ0) is 17.0. The van der Waals surface area contributed by atoms with Crippen molar-refractivity contribution in [3.8, 4) is 0 Å². The zero-order valence-electron chi connectivity index (χ0n) is 14.9. The third-order valence-corrected chi connectivity index (χ3v) is 3.08. The molecule has 0 amide bonds. The van der Waals surface area contributed by atoms with Crippen molar-refractivity contribution in [3.63, 3.8) is 0 Å². The molecule has 0 unspecified atom stereocenters. The summed E-state index contributed by atoms with van der Waals surface area (Å²) in [5.74, 6) is 0. The largest absolute Gasteiger partial charge is 0.402 e. The first-order valence-electron chi connectivity index (χ1n) is 7.85. The van der Waals surface area contributed by atoms with Gasteiger partial charge in [-0.05, 0) is 59.7 Å². The molecule has 0 aliphatic rings. The van der Waals surface area contributed by atoms with Crippen molar-refractivity contribution in [1.82, 2.24) is 4.90 Å². The molecule has 124 valence electrons. The van der Waals surface area contributed by atoms with E-state index in [4.69, 9.17) is 11.5 Å². The monoisotopic (exact) mass is 303 g/mol. The van der Waals surface area contributed by atoms with Gasteiger partial charge in [0.25, 0.3) is 0 Å². The van der Waals surface area contributed by atoms with E-state index in [9.17, 15) is 0 Å². The van der Waals surface area contributed by atoms with E-state index in [2.05, 4.69) is 50.9 Å². The molecule has 0 aliphatic heterocycles. The summed E-state index contributed by atoms with van der Waals surface area (Å²) in [6, 6.07) is 0. The highest BCUT2D eigenvalue weighted by molar-refractivity contribution is 5.22. The van der Waals surface area contributed by atoms with E-state index >= 15 is 0 Å². The standard InChI is InChI=1S/C19H33N3/c1-16(2)9-8-10-17(3)12-14-22(5)13-7-6-11-19(21)15-18(4)20/h6-7,9,11-12,15H,8,10,13-14,20-21H2,1-5H3/b7-6-,17-12+,18-15+,19-11+. The second-order valence-corrected chi connectivity index (χ2v) is 6.08. The molecule has 3 heteroatoms. The van der Waals surface area contributed by atoms with Gasteiger partial charge in [-0.2, -0.15) is 0 Å². The van der Waals surface area contributed by atoms with Crippen LogP contribution in [0.2, 0.25) is 0 Å². The van der Waals surface area contributed by atoms with Crippen molar-refractivity contribution in [3.05, 3.63) is 59.0 Å². The third kappa shape index (κ3) is 13.3. The third-order valence-electron chi connectivity index (χ3n) is 3.08. The Labute approximate surface area is 136 Å². The van der Waals surface area contributed by atoms with E-state index < -0.39 is 0 Å². The van der Waals surface area contributed by atoms with Gasteiger partial charge >= 0.3 is 0 Å². The minimum atomic E-state index is 0.675. The lowest BCUT2D eigenvalue weighted by Crippen LogP contribution is -2.18. The van der Waals surface area contributed by atoms with Crippen molar-refractivity contribution in [2.75, 3.05) is 20.1 Å². The van der Waals surface area contributed by atoms with Gasteiger partial charge in [-0.15, -0.1) is 0 Å². The van der Waals surface area contributed by atoms with Crippen molar-refractivity contribution >= 4 is 0 Å². The van der Waals surface area contributed by atoms with Gasteiger partial charge in [-0.25, -0.2) is 0 Å². The van der Waals surface area contributed by atoms with Gasteiger partial charge in [0, 0.05) is 24.5 Å². The summed E-state index contributed by atoms with van der Waals surface area (Å²) >= 11 is 0. The number of nitrogens with zero attached hydrogens (tertiary/aromatic N) is 1. The first kappa shape index (κ1) is 20.3. The topological polar surface area (TPSA) is 55.3 Å². The quantitative estimate of drug-likeness (QED) is 0.502. The molecule has 0 rings (SSSR count). The maximum atomic E-state index is 5.78. The molecule has 4 N–H and O–H groups in total. The highest BCUT2D eigenvalue weighted by Crippen LogP contribution is 2.06. The molecule has 0 radical (unpaired) electrons. The van der Waals surface area contributed by atoms with E-state index in [0.29, 0.717) is 11.4 Å². The fourth-order valence-electron chi connectivity index (χ4n) is 1.81. The lowest BCUT2D eigenvalue weighted by molar-refractivity contribution is 0.411. The molecule has 0 aromatic carbocycles. The summed E-state index contributed by atoms with van der Waals surface area (Å²) in [5, 5.41) is 0. The van der Waals surface area contributed by atoms with Crippen molar-refractivity contribution in [2.45, 2.75) is 40.5 Å². The van der Waals surface area contributed by atoms with E-state index in [-0.39, 0.29) is 0 Å². The van der Waals surface area contributed by atoms with Crippen LogP contribution >= 0.6 is 0 Å². The molecule has 0 spiro atoms. The Morgan fingerprint density at radius 1 is 1.00 bits per heavy atom. The van der Waals surface area contributed by atoms with Gasteiger partial charge < -0.3 is 11.5 Å². The van der Waals surface area contributed by atoms with Gasteiger partial charge in [0.2, 0.25) is 0 Å². The average Bonchev–Trinajstić information content (AvgIpc) is 2.40. The van der Waals surface area contributed by atoms with E-state index in [1.165, 1.54) is 11.1 Å². The molecule has 0 saturated carbocycles.